The second-order valence-corrected chi connectivity index (χ2v) is 4.06. The standard InChI is InChI=1S/C10H18O2/c1-8(10-7-12-10)11-6-9-4-2-3-5-9/h8-10H,2-7H2,1H3/t8-,10-/m0/s1. The molecule has 12 heavy (non-hydrogen) atoms. The molecule has 0 bridgehead atoms. The van der Waals surface area contributed by atoms with Crippen LogP contribution in [0.15, 0.2) is 0 Å². The van der Waals surface area contributed by atoms with Crippen molar-refractivity contribution in [2.45, 2.75) is 44.8 Å². The van der Waals surface area contributed by atoms with E-state index in [2.05, 4.69) is 6.92 Å². The summed E-state index contributed by atoms with van der Waals surface area (Å²) in [6, 6.07) is 0. The van der Waals surface area contributed by atoms with Gasteiger partial charge in [0, 0.05) is 6.61 Å². The Morgan fingerprint density at radius 3 is 2.67 bits per heavy atom. The van der Waals surface area contributed by atoms with Crippen molar-refractivity contribution in [3.8, 4) is 0 Å². The normalized spacial score (nSPS) is 32.2. The van der Waals surface area contributed by atoms with E-state index >= 15 is 0 Å². The largest absolute Gasteiger partial charge is 0.375 e. The molecule has 0 amide bonds. The van der Waals surface area contributed by atoms with Gasteiger partial charge in [-0.05, 0) is 25.7 Å². The molecule has 0 aromatic rings. The van der Waals surface area contributed by atoms with Crippen LogP contribution in [0.25, 0.3) is 0 Å². The second kappa shape index (κ2) is 3.75. The van der Waals surface area contributed by atoms with E-state index < -0.39 is 0 Å². The molecule has 0 spiro atoms. The molecular formula is C10H18O2. The molecule has 1 saturated heterocycles. The van der Waals surface area contributed by atoms with Crippen LogP contribution in [0.5, 0.6) is 0 Å². The summed E-state index contributed by atoms with van der Waals surface area (Å²) in [6.45, 7) is 3.99. The van der Waals surface area contributed by atoms with Crippen molar-refractivity contribution >= 4 is 0 Å². The quantitative estimate of drug-likeness (QED) is 0.602. The Bertz CT molecular complexity index is 135. The van der Waals surface area contributed by atoms with Gasteiger partial charge in [0.25, 0.3) is 0 Å². The van der Waals surface area contributed by atoms with Crippen LogP contribution in [0.4, 0.5) is 0 Å². The highest BCUT2D eigenvalue weighted by atomic mass is 16.6. The average Bonchev–Trinajstić information content (AvgIpc) is 2.80. The van der Waals surface area contributed by atoms with E-state index in [1.54, 1.807) is 0 Å². The summed E-state index contributed by atoms with van der Waals surface area (Å²) in [7, 11) is 0. The minimum atomic E-state index is 0.325. The third-order valence-corrected chi connectivity index (χ3v) is 2.95. The van der Waals surface area contributed by atoms with Gasteiger partial charge in [0.05, 0.1) is 12.7 Å². The summed E-state index contributed by atoms with van der Waals surface area (Å²) in [5.74, 6) is 0.839. The van der Waals surface area contributed by atoms with Crippen molar-refractivity contribution in [2.75, 3.05) is 13.2 Å². The van der Waals surface area contributed by atoms with Crippen LogP contribution in [0, 0.1) is 5.92 Å². The van der Waals surface area contributed by atoms with Gasteiger partial charge in [-0.15, -0.1) is 0 Å². The van der Waals surface area contributed by atoms with Gasteiger partial charge in [0.1, 0.15) is 6.10 Å². The first-order valence-electron chi connectivity index (χ1n) is 5.09. The molecule has 1 aliphatic carbocycles. The molecule has 70 valence electrons. The lowest BCUT2D eigenvalue weighted by Crippen LogP contribution is -2.19. The highest BCUT2D eigenvalue weighted by molar-refractivity contribution is 4.77. The van der Waals surface area contributed by atoms with Crippen LogP contribution in [0.1, 0.15) is 32.6 Å². The SMILES string of the molecule is C[C@H](OCC1CCCC1)[C@@H]1CO1. The first-order chi connectivity index (χ1) is 5.86. The summed E-state index contributed by atoms with van der Waals surface area (Å²) in [6.07, 6.45) is 6.29. The lowest BCUT2D eigenvalue weighted by Gasteiger charge is -2.14. The van der Waals surface area contributed by atoms with E-state index in [1.807, 2.05) is 0 Å². The number of hydrogen-bond donors (Lipinski definition) is 0. The van der Waals surface area contributed by atoms with E-state index in [9.17, 15) is 0 Å². The highest BCUT2D eigenvalue weighted by Gasteiger charge is 2.30. The summed E-state index contributed by atoms with van der Waals surface area (Å²) in [4.78, 5) is 0. The molecule has 0 radical (unpaired) electrons. The molecule has 2 fully saturated rings. The molecular weight excluding hydrogens is 152 g/mol. The Kier molecular flexibility index (Phi) is 2.66. The molecule has 2 rings (SSSR count). The smallest absolute Gasteiger partial charge is 0.107 e. The monoisotopic (exact) mass is 170 g/mol. The van der Waals surface area contributed by atoms with Crippen molar-refractivity contribution in [1.82, 2.24) is 0 Å². The molecule has 0 aromatic carbocycles. The molecule has 2 aliphatic rings. The van der Waals surface area contributed by atoms with Gasteiger partial charge in [0.15, 0.2) is 0 Å². The number of epoxide rings is 1. The lowest BCUT2D eigenvalue weighted by atomic mass is 10.1. The molecule has 2 heteroatoms. The minimum Gasteiger partial charge on any atom is -0.375 e. The van der Waals surface area contributed by atoms with Gasteiger partial charge >= 0.3 is 0 Å². The topological polar surface area (TPSA) is 21.8 Å². The molecule has 2 nitrogen and oxygen atoms in total. The maximum absolute atomic E-state index is 5.72. The molecule has 1 aliphatic heterocycles. The fraction of sp³-hybridized carbons (Fsp3) is 1.00. The van der Waals surface area contributed by atoms with Crippen molar-refractivity contribution in [3.63, 3.8) is 0 Å². The van der Waals surface area contributed by atoms with Crippen molar-refractivity contribution in [1.29, 1.82) is 0 Å². The third kappa shape index (κ3) is 2.20. The van der Waals surface area contributed by atoms with Gasteiger partial charge < -0.3 is 9.47 Å². The first-order valence-corrected chi connectivity index (χ1v) is 5.09. The van der Waals surface area contributed by atoms with E-state index in [4.69, 9.17) is 9.47 Å². The van der Waals surface area contributed by atoms with E-state index in [1.165, 1.54) is 25.7 Å². The number of hydrogen-bond acceptors (Lipinski definition) is 2. The number of rotatable bonds is 4. The van der Waals surface area contributed by atoms with Crippen LogP contribution in [-0.2, 0) is 9.47 Å². The van der Waals surface area contributed by atoms with Gasteiger partial charge in [0.2, 0.25) is 0 Å². The van der Waals surface area contributed by atoms with Gasteiger partial charge in [-0.25, -0.2) is 0 Å². The average molecular weight is 170 g/mol. The van der Waals surface area contributed by atoms with Gasteiger partial charge in [-0.2, -0.15) is 0 Å². The molecule has 1 heterocycles. The molecule has 2 atom stereocenters. The summed E-state index contributed by atoms with van der Waals surface area (Å²) in [5, 5.41) is 0. The number of ether oxygens (including phenoxy) is 2. The predicted octanol–water partition coefficient (Wildman–Crippen LogP) is 1.98. The Hall–Kier alpha value is -0.0800. The fourth-order valence-corrected chi connectivity index (χ4v) is 1.90. The zero-order valence-corrected chi connectivity index (χ0v) is 7.79. The predicted molar refractivity (Wildman–Crippen MR) is 47.1 cm³/mol. The molecule has 0 N–H and O–H groups in total. The van der Waals surface area contributed by atoms with E-state index in [-0.39, 0.29) is 0 Å². The Balaban J connectivity index is 1.60. The zero-order chi connectivity index (χ0) is 8.39. The van der Waals surface area contributed by atoms with Gasteiger partial charge in [-0.3, -0.25) is 0 Å². The third-order valence-electron chi connectivity index (χ3n) is 2.95. The van der Waals surface area contributed by atoms with Crippen molar-refractivity contribution in [3.05, 3.63) is 0 Å². The second-order valence-electron chi connectivity index (χ2n) is 4.06. The highest BCUT2D eigenvalue weighted by Crippen LogP contribution is 2.26. The van der Waals surface area contributed by atoms with Crippen molar-refractivity contribution in [2.24, 2.45) is 5.92 Å². The maximum Gasteiger partial charge on any atom is 0.107 e. The maximum atomic E-state index is 5.72. The summed E-state index contributed by atoms with van der Waals surface area (Å²) < 4.78 is 10.9. The lowest BCUT2D eigenvalue weighted by molar-refractivity contribution is 0.0247. The molecule has 0 aromatic heterocycles. The van der Waals surface area contributed by atoms with Crippen LogP contribution in [0.3, 0.4) is 0 Å². The Morgan fingerprint density at radius 2 is 2.08 bits per heavy atom. The Labute approximate surface area is 74.2 Å². The van der Waals surface area contributed by atoms with Crippen LogP contribution >= 0.6 is 0 Å². The fourth-order valence-electron chi connectivity index (χ4n) is 1.90. The van der Waals surface area contributed by atoms with E-state index in [0.717, 1.165) is 19.1 Å². The zero-order valence-electron chi connectivity index (χ0n) is 7.79. The summed E-state index contributed by atoms with van der Waals surface area (Å²) in [5.41, 5.74) is 0. The molecule has 0 unspecified atom stereocenters. The molecule has 1 saturated carbocycles. The van der Waals surface area contributed by atoms with Crippen LogP contribution in [0.2, 0.25) is 0 Å². The van der Waals surface area contributed by atoms with Crippen molar-refractivity contribution < 1.29 is 9.47 Å². The van der Waals surface area contributed by atoms with E-state index in [0.29, 0.717) is 12.2 Å². The minimum absolute atomic E-state index is 0.325. The first kappa shape index (κ1) is 8.52. The summed E-state index contributed by atoms with van der Waals surface area (Å²) >= 11 is 0. The van der Waals surface area contributed by atoms with Crippen LogP contribution in [-0.4, -0.2) is 25.4 Å². The Morgan fingerprint density at radius 1 is 1.42 bits per heavy atom. The van der Waals surface area contributed by atoms with Gasteiger partial charge in [-0.1, -0.05) is 12.8 Å². The van der Waals surface area contributed by atoms with Crippen LogP contribution < -0.4 is 0 Å².